The van der Waals surface area contributed by atoms with Crippen LogP contribution in [-0.2, 0) is 4.74 Å². The highest BCUT2D eigenvalue weighted by Crippen LogP contribution is 2.27. The molecule has 1 aromatic carbocycles. The van der Waals surface area contributed by atoms with E-state index in [-0.39, 0.29) is 24.0 Å². The SMILES string of the molecule is CCNC(=NCC(C)N1CCOCC1C)NCC(c1cccc(OC)c1)N1CCCC1.I. The minimum absolute atomic E-state index is 0. The van der Waals surface area contributed by atoms with Gasteiger partial charge in [-0.3, -0.25) is 14.8 Å². The molecule has 0 radical (unpaired) electrons. The lowest BCUT2D eigenvalue weighted by Crippen LogP contribution is -2.50. The maximum absolute atomic E-state index is 5.58. The van der Waals surface area contributed by atoms with Crippen LogP contribution in [0.25, 0.3) is 0 Å². The van der Waals surface area contributed by atoms with Crippen LogP contribution in [0.2, 0.25) is 0 Å². The fourth-order valence-corrected chi connectivity index (χ4v) is 4.62. The molecule has 3 rings (SSSR count). The minimum Gasteiger partial charge on any atom is -0.497 e. The molecule has 182 valence electrons. The Balaban J connectivity index is 0.00000363. The van der Waals surface area contributed by atoms with Gasteiger partial charge in [-0.15, -0.1) is 24.0 Å². The molecule has 3 unspecified atom stereocenters. The molecule has 0 spiro atoms. The van der Waals surface area contributed by atoms with Crippen molar-refractivity contribution in [1.29, 1.82) is 0 Å². The third-order valence-corrected chi connectivity index (χ3v) is 6.37. The normalized spacial score (nSPS) is 22.1. The number of rotatable bonds is 9. The van der Waals surface area contributed by atoms with E-state index < -0.39 is 0 Å². The van der Waals surface area contributed by atoms with Gasteiger partial charge in [0, 0.05) is 31.7 Å². The Bertz CT molecular complexity index is 699. The van der Waals surface area contributed by atoms with Crippen LogP contribution in [-0.4, -0.2) is 87.4 Å². The first-order valence-corrected chi connectivity index (χ1v) is 11.9. The van der Waals surface area contributed by atoms with Crippen molar-refractivity contribution in [3.05, 3.63) is 29.8 Å². The van der Waals surface area contributed by atoms with E-state index in [1.165, 1.54) is 18.4 Å². The summed E-state index contributed by atoms with van der Waals surface area (Å²) < 4.78 is 11.1. The molecule has 1 aromatic rings. The average Bonchev–Trinajstić information content (AvgIpc) is 3.32. The van der Waals surface area contributed by atoms with Crippen LogP contribution in [0.4, 0.5) is 0 Å². The van der Waals surface area contributed by atoms with Crippen LogP contribution in [0.1, 0.15) is 45.2 Å². The second-order valence-corrected chi connectivity index (χ2v) is 8.65. The number of hydrogen-bond acceptors (Lipinski definition) is 5. The summed E-state index contributed by atoms with van der Waals surface area (Å²) in [4.78, 5) is 9.99. The van der Waals surface area contributed by atoms with E-state index in [9.17, 15) is 0 Å². The molecule has 0 aromatic heterocycles. The van der Waals surface area contributed by atoms with Gasteiger partial charge in [0.2, 0.25) is 0 Å². The van der Waals surface area contributed by atoms with Gasteiger partial charge in [-0.05, 0) is 64.4 Å². The average molecular weight is 560 g/mol. The molecule has 2 heterocycles. The minimum atomic E-state index is 0. The highest BCUT2D eigenvalue weighted by molar-refractivity contribution is 14.0. The Kier molecular flexibility index (Phi) is 12.1. The molecule has 32 heavy (non-hydrogen) atoms. The fourth-order valence-electron chi connectivity index (χ4n) is 4.62. The Morgan fingerprint density at radius 2 is 2.03 bits per heavy atom. The van der Waals surface area contributed by atoms with Crippen molar-refractivity contribution in [3.63, 3.8) is 0 Å². The fraction of sp³-hybridized carbons (Fsp3) is 0.708. The van der Waals surface area contributed by atoms with E-state index in [0.29, 0.717) is 18.1 Å². The summed E-state index contributed by atoms with van der Waals surface area (Å²) in [7, 11) is 1.73. The van der Waals surface area contributed by atoms with Crippen LogP contribution in [0.5, 0.6) is 5.75 Å². The van der Waals surface area contributed by atoms with Crippen LogP contribution in [0, 0.1) is 0 Å². The second-order valence-electron chi connectivity index (χ2n) is 8.65. The van der Waals surface area contributed by atoms with Gasteiger partial charge >= 0.3 is 0 Å². The van der Waals surface area contributed by atoms with Gasteiger partial charge in [-0.2, -0.15) is 0 Å². The quantitative estimate of drug-likeness (QED) is 0.276. The molecule has 7 nitrogen and oxygen atoms in total. The molecule has 2 fully saturated rings. The number of aliphatic imine (C=N–C) groups is 1. The number of nitrogens with one attached hydrogen (secondary N) is 2. The molecule has 2 N–H and O–H groups in total. The zero-order valence-electron chi connectivity index (χ0n) is 20.2. The molecule has 2 aliphatic rings. The lowest BCUT2D eigenvalue weighted by molar-refractivity contribution is -0.0165. The summed E-state index contributed by atoms with van der Waals surface area (Å²) in [5.74, 6) is 1.80. The Labute approximate surface area is 211 Å². The third kappa shape index (κ3) is 7.74. The molecule has 0 bridgehead atoms. The summed E-state index contributed by atoms with van der Waals surface area (Å²) >= 11 is 0. The number of halogens is 1. The van der Waals surface area contributed by atoms with E-state index in [4.69, 9.17) is 14.5 Å². The van der Waals surface area contributed by atoms with Crippen LogP contribution in [0.3, 0.4) is 0 Å². The number of hydrogen-bond donors (Lipinski definition) is 2. The molecule has 2 saturated heterocycles. The first-order valence-electron chi connectivity index (χ1n) is 11.9. The van der Waals surface area contributed by atoms with Gasteiger partial charge in [0.05, 0.1) is 32.9 Å². The van der Waals surface area contributed by atoms with Gasteiger partial charge < -0.3 is 20.1 Å². The Hall–Kier alpha value is -1.10. The lowest BCUT2D eigenvalue weighted by atomic mass is 10.1. The summed E-state index contributed by atoms with van der Waals surface area (Å²) in [6.45, 7) is 13.9. The van der Waals surface area contributed by atoms with Crippen molar-refractivity contribution in [2.45, 2.75) is 51.7 Å². The topological polar surface area (TPSA) is 61.4 Å². The van der Waals surface area contributed by atoms with Crippen LogP contribution < -0.4 is 15.4 Å². The molecule has 0 amide bonds. The summed E-state index contributed by atoms with van der Waals surface area (Å²) in [6, 6.07) is 9.61. The zero-order chi connectivity index (χ0) is 22.1. The predicted octanol–water partition coefficient (Wildman–Crippen LogP) is 3.11. The van der Waals surface area contributed by atoms with E-state index in [0.717, 1.165) is 64.2 Å². The molecule has 8 heteroatoms. The standard InChI is InChI=1S/C24H41N5O2.HI/c1-5-25-24(26-16-19(2)29-13-14-31-18-20(29)3)27-17-23(28-11-6-7-12-28)21-9-8-10-22(15-21)30-4;/h8-10,15,19-20,23H,5-7,11-14,16-18H2,1-4H3,(H2,25,26,27);1H. The van der Waals surface area contributed by atoms with Crippen molar-refractivity contribution >= 4 is 29.9 Å². The summed E-state index contributed by atoms with van der Waals surface area (Å²) in [5.41, 5.74) is 1.29. The van der Waals surface area contributed by atoms with Crippen LogP contribution in [0.15, 0.2) is 29.3 Å². The summed E-state index contributed by atoms with van der Waals surface area (Å²) in [5, 5.41) is 7.04. The molecular formula is C24H42IN5O2. The van der Waals surface area contributed by atoms with E-state index in [1.807, 2.05) is 6.07 Å². The van der Waals surface area contributed by atoms with Gasteiger partial charge in [-0.25, -0.2) is 0 Å². The van der Waals surface area contributed by atoms with Crippen molar-refractivity contribution in [2.24, 2.45) is 4.99 Å². The first kappa shape index (κ1) is 27.1. The number of guanidine groups is 1. The van der Waals surface area contributed by atoms with E-state index >= 15 is 0 Å². The van der Waals surface area contributed by atoms with Crippen molar-refractivity contribution in [1.82, 2.24) is 20.4 Å². The van der Waals surface area contributed by atoms with Crippen molar-refractivity contribution in [2.75, 3.05) is 59.6 Å². The van der Waals surface area contributed by atoms with Gasteiger partial charge in [0.1, 0.15) is 5.75 Å². The van der Waals surface area contributed by atoms with Gasteiger partial charge in [0.15, 0.2) is 5.96 Å². The highest BCUT2D eigenvalue weighted by Gasteiger charge is 2.25. The van der Waals surface area contributed by atoms with Gasteiger partial charge in [0.25, 0.3) is 0 Å². The molecule has 0 aliphatic carbocycles. The Morgan fingerprint density at radius 3 is 2.72 bits per heavy atom. The maximum Gasteiger partial charge on any atom is 0.191 e. The maximum atomic E-state index is 5.58. The first-order chi connectivity index (χ1) is 15.1. The third-order valence-electron chi connectivity index (χ3n) is 6.37. The smallest absolute Gasteiger partial charge is 0.191 e. The molecule has 3 atom stereocenters. The second kappa shape index (κ2) is 14.2. The number of morpholine rings is 1. The van der Waals surface area contributed by atoms with E-state index in [2.05, 4.69) is 59.4 Å². The highest BCUT2D eigenvalue weighted by atomic mass is 127. The predicted molar refractivity (Wildman–Crippen MR) is 142 cm³/mol. The number of ether oxygens (including phenoxy) is 2. The van der Waals surface area contributed by atoms with Crippen molar-refractivity contribution < 1.29 is 9.47 Å². The zero-order valence-corrected chi connectivity index (χ0v) is 22.5. The number of methoxy groups -OCH3 is 1. The number of likely N-dealkylation sites (tertiary alicyclic amines) is 1. The van der Waals surface area contributed by atoms with Crippen LogP contribution >= 0.6 is 24.0 Å². The van der Waals surface area contributed by atoms with Gasteiger partial charge in [-0.1, -0.05) is 12.1 Å². The number of nitrogens with zero attached hydrogens (tertiary/aromatic N) is 3. The number of benzene rings is 1. The molecule has 0 saturated carbocycles. The largest absolute Gasteiger partial charge is 0.497 e. The monoisotopic (exact) mass is 559 g/mol. The molecular weight excluding hydrogens is 517 g/mol. The summed E-state index contributed by atoms with van der Waals surface area (Å²) in [6.07, 6.45) is 2.54. The Morgan fingerprint density at radius 1 is 1.25 bits per heavy atom. The molecule has 2 aliphatic heterocycles. The lowest BCUT2D eigenvalue weighted by Gasteiger charge is -2.37. The van der Waals surface area contributed by atoms with Crippen molar-refractivity contribution in [3.8, 4) is 5.75 Å². The van der Waals surface area contributed by atoms with E-state index in [1.54, 1.807) is 7.11 Å².